The zero-order valence-electron chi connectivity index (χ0n) is 12.2. The van der Waals surface area contributed by atoms with Crippen LogP contribution in [0.5, 0.6) is 0 Å². The number of nitrogens with zero attached hydrogens (tertiary/aromatic N) is 2. The van der Waals surface area contributed by atoms with Crippen LogP contribution in [0.1, 0.15) is 38.5 Å². The minimum absolute atomic E-state index is 0.0873. The Morgan fingerprint density at radius 3 is 2.62 bits per heavy atom. The molecule has 0 radical (unpaired) electrons. The SMILES string of the molecule is O=C(O)CCC1CCN(C(=O)C2CC(=O)N(C3CC3)C2)C1. The minimum atomic E-state index is -0.777. The Morgan fingerprint density at radius 1 is 1.19 bits per heavy atom. The van der Waals surface area contributed by atoms with E-state index in [1.165, 1.54) is 0 Å². The lowest BCUT2D eigenvalue weighted by Crippen LogP contribution is -2.36. The van der Waals surface area contributed by atoms with Crippen molar-refractivity contribution in [3.63, 3.8) is 0 Å². The molecule has 6 nitrogen and oxygen atoms in total. The van der Waals surface area contributed by atoms with Crippen LogP contribution in [0.2, 0.25) is 0 Å². The van der Waals surface area contributed by atoms with E-state index in [2.05, 4.69) is 0 Å². The molecule has 6 heteroatoms. The minimum Gasteiger partial charge on any atom is -0.481 e. The van der Waals surface area contributed by atoms with Gasteiger partial charge in [-0.15, -0.1) is 0 Å². The first-order valence-electron chi connectivity index (χ1n) is 7.84. The van der Waals surface area contributed by atoms with Crippen molar-refractivity contribution in [1.29, 1.82) is 0 Å². The van der Waals surface area contributed by atoms with Gasteiger partial charge in [0.2, 0.25) is 11.8 Å². The summed E-state index contributed by atoms with van der Waals surface area (Å²) >= 11 is 0. The van der Waals surface area contributed by atoms with Crippen LogP contribution in [0.15, 0.2) is 0 Å². The van der Waals surface area contributed by atoms with E-state index in [0.717, 1.165) is 19.3 Å². The molecule has 0 aromatic rings. The molecular weight excluding hydrogens is 272 g/mol. The van der Waals surface area contributed by atoms with Crippen molar-refractivity contribution in [3.8, 4) is 0 Å². The van der Waals surface area contributed by atoms with Gasteiger partial charge in [0.1, 0.15) is 0 Å². The number of hydrogen-bond donors (Lipinski definition) is 1. The smallest absolute Gasteiger partial charge is 0.303 e. The molecule has 3 rings (SSSR count). The van der Waals surface area contributed by atoms with Gasteiger partial charge in [-0.25, -0.2) is 0 Å². The number of carboxylic acids is 1. The summed E-state index contributed by atoms with van der Waals surface area (Å²) in [5.41, 5.74) is 0. The quantitative estimate of drug-likeness (QED) is 0.810. The van der Waals surface area contributed by atoms with E-state index in [1.54, 1.807) is 0 Å². The fourth-order valence-corrected chi connectivity index (χ4v) is 3.49. The molecule has 1 N–H and O–H groups in total. The van der Waals surface area contributed by atoms with Gasteiger partial charge in [-0.2, -0.15) is 0 Å². The highest BCUT2D eigenvalue weighted by Crippen LogP contribution is 2.34. The fourth-order valence-electron chi connectivity index (χ4n) is 3.49. The standard InChI is InChI=1S/C15H22N2O4/c18-13-7-11(9-17(13)12-2-3-12)15(21)16-6-5-10(8-16)1-4-14(19)20/h10-12H,1-9H2,(H,19,20). The number of amides is 2. The normalized spacial score (nSPS) is 29.2. The van der Waals surface area contributed by atoms with Crippen LogP contribution < -0.4 is 0 Å². The zero-order chi connectivity index (χ0) is 15.0. The van der Waals surface area contributed by atoms with E-state index in [9.17, 15) is 14.4 Å². The lowest BCUT2D eigenvalue weighted by Gasteiger charge is -2.21. The van der Waals surface area contributed by atoms with E-state index in [0.29, 0.717) is 44.4 Å². The van der Waals surface area contributed by atoms with Crippen molar-refractivity contribution in [1.82, 2.24) is 9.80 Å². The van der Waals surface area contributed by atoms with Crippen LogP contribution in [0, 0.1) is 11.8 Å². The highest BCUT2D eigenvalue weighted by Gasteiger charge is 2.43. The molecule has 1 aliphatic carbocycles. The molecule has 2 saturated heterocycles. The van der Waals surface area contributed by atoms with Crippen LogP contribution in [-0.2, 0) is 14.4 Å². The number of carbonyl (C=O) groups excluding carboxylic acids is 2. The first-order chi connectivity index (χ1) is 10.0. The van der Waals surface area contributed by atoms with Gasteiger partial charge in [0, 0.05) is 38.5 Å². The summed E-state index contributed by atoms with van der Waals surface area (Å²) in [6.45, 7) is 1.94. The highest BCUT2D eigenvalue weighted by molar-refractivity contribution is 5.89. The Bertz CT molecular complexity index is 461. The maximum absolute atomic E-state index is 12.5. The Balaban J connectivity index is 1.50. The molecule has 0 bridgehead atoms. The third-order valence-corrected chi connectivity index (χ3v) is 4.86. The summed E-state index contributed by atoms with van der Waals surface area (Å²) < 4.78 is 0. The van der Waals surface area contributed by atoms with Crippen LogP contribution in [-0.4, -0.2) is 58.4 Å². The summed E-state index contributed by atoms with van der Waals surface area (Å²) in [7, 11) is 0. The van der Waals surface area contributed by atoms with Gasteiger partial charge in [-0.3, -0.25) is 14.4 Å². The molecule has 2 amide bonds. The van der Waals surface area contributed by atoms with Gasteiger partial charge in [-0.1, -0.05) is 0 Å². The molecule has 0 aromatic carbocycles. The van der Waals surface area contributed by atoms with Gasteiger partial charge in [0.15, 0.2) is 0 Å². The molecular formula is C15H22N2O4. The Morgan fingerprint density at radius 2 is 1.95 bits per heavy atom. The second-order valence-corrected chi connectivity index (χ2v) is 6.55. The molecule has 1 saturated carbocycles. The van der Waals surface area contributed by atoms with Crippen molar-refractivity contribution >= 4 is 17.8 Å². The first-order valence-corrected chi connectivity index (χ1v) is 7.84. The zero-order valence-corrected chi connectivity index (χ0v) is 12.2. The molecule has 2 aliphatic heterocycles. The van der Waals surface area contributed by atoms with E-state index in [1.807, 2.05) is 9.80 Å². The van der Waals surface area contributed by atoms with Gasteiger partial charge in [0.25, 0.3) is 0 Å². The first kappa shape index (κ1) is 14.4. The van der Waals surface area contributed by atoms with E-state index >= 15 is 0 Å². The number of aliphatic carboxylic acids is 1. The predicted octanol–water partition coefficient (Wildman–Crippen LogP) is 0.711. The van der Waals surface area contributed by atoms with Gasteiger partial charge >= 0.3 is 5.97 Å². The van der Waals surface area contributed by atoms with E-state index < -0.39 is 5.97 Å². The Hall–Kier alpha value is -1.59. The van der Waals surface area contributed by atoms with Crippen LogP contribution >= 0.6 is 0 Å². The third-order valence-electron chi connectivity index (χ3n) is 4.86. The largest absolute Gasteiger partial charge is 0.481 e. The maximum atomic E-state index is 12.5. The van der Waals surface area contributed by atoms with Gasteiger partial charge < -0.3 is 14.9 Å². The number of carboxylic acid groups (broad SMARTS) is 1. The van der Waals surface area contributed by atoms with Crippen LogP contribution in [0.3, 0.4) is 0 Å². The molecule has 0 spiro atoms. The van der Waals surface area contributed by atoms with Crippen molar-refractivity contribution in [2.24, 2.45) is 11.8 Å². The lowest BCUT2D eigenvalue weighted by molar-refractivity contribution is -0.137. The molecule has 2 heterocycles. The lowest BCUT2D eigenvalue weighted by atomic mass is 10.0. The summed E-state index contributed by atoms with van der Waals surface area (Å²) in [6.07, 6.45) is 4.19. The summed E-state index contributed by atoms with van der Waals surface area (Å²) in [6, 6.07) is 0.386. The number of likely N-dealkylation sites (tertiary alicyclic amines) is 2. The third kappa shape index (κ3) is 3.19. The average Bonchev–Trinajstić information content (AvgIpc) is 3.04. The Labute approximate surface area is 124 Å². The van der Waals surface area contributed by atoms with Crippen molar-refractivity contribution in [2.45, 2.75) is 44.6 Å². The Kier molecular flexibility index (Phi) is 3.87. The molecule has 2 atom stereocenters. The second kappa shape index (κ2) is 5.66. The van der Waals surface area contributed by atoms with Gasteiger partial charge in [-0.05, 0) is 31.6 Å². The molecule has 2 unspecified atom stereocenters. The fraction of sp³-hybridized carbons (Fsp3) is 0.800. The van der Waals surface area contributed by atoms with Crippen LogP contribution in [0.4, 0.5) is 0 Å². The number of carbonyl (C=O) groups is 3. The van der Waals surface area contributed by atoms with E-state index in [4.69, 9.17) is 5.11 Å². The molecule has 21 heavy (non-hydrogen) atoms. The second-order valence-electron chi connectivity index (χ2n) is 6.55. The summed E-state index contributed by atoms with van der Waals surface area (Å²) in [4.78, 5) is 38.7. The van der Waals surface area contributed by atoms with E-state index in [-0.39, 0.29) is 24.2 Å². The van der Waals surface area contributed by atoms with Crippen molar-refractivity contribution in [2.75, 3.05) is 19.6 Å². The predicted molar refractivity (Wildman–Crippen MR) is 74.4 cm³/mol. The van der Waals surface area contributed by atoms with Gasteiger partial charge in [0.05, 0.1) is 5.92 Å². The van der Waals surface area contributed by atoms with Crippen LogP contribution in [0.25, 0.3) is 0 Å². The average molecular weight is 294 g/mol. The molecule has 0 aromatic heterocycles. The topological polar surface area (TPSA) is 77.9 Å². The van der Waals surface area contributed by atoms with Crippen molar-refractivity contribution < 1.29 is 19.5 Å². The molecule has 116 valence electrons. The number of hydrogen-bond acceptors (Lipinski definition) is 3. The molecule has 3 aliphatic rings. The summed E-state index contributed by atoms with van der Waals surface area (Å²) in [5, 5.41) is 8.71. The number of rotatable bonds is 5. The maximum Gasteiger partial charge on any atom is 0.303 e. The van der Waals surface area contributed by atoms with Crippen molar-refractivity contribution in [3.05, 3.63) is 0 Å². The molecule has 3 fully saturated rings. The highest BCUT2D eigenvalue weighted by atomic mass is 16.4. The summed E-state index contributed by atoms with van der Waals surface area (Å²) in [5.74, 6) is -0.457. The monoisotopic (exact) mass is 294 g/mol.